The van der Waals surface area contributed by atoms with E-state index in [0.29, 0.717) is 12.1 Å². The molecule has 0 radical (unpaired) electrons. The lowest BCUT2D eigenvalue weighted by Crippen LogP contribution is -2.36. The third-order valence-electron chi connectivity index (χ3n) is 2.30. The molecule has 0 bridgehead atoms. The number of rotatable bonds is 5. The van der Waals surface area contributed by atoms with Gasteiger partial charge in [0.25, 0.3) is 0 Å². The lowest BCUT2D eigenvalue weighted by atomic mass is 10.1. The van der Waals surface area contributed by atoms with Crippen LogP contribution in [0.1, 0.15) is 11.6 Å². The van der Waals surface area contributed by atoms with Gasteiger partial charge in [0, 0.05) is 11.0 Å². The van der Waals surface area contributed by atoms with Gasteiger partial charge in [-0.15, -0.1) is 0 Å². The number of primary amides is 1. The second kappa shape index (κ2) is 5.93. The standard InChI is InChI=1S/C12H14BrFN2O/c1-8(13)7-16(2)11(12(15)17)9-4-3-5-10(14)6-9/h3-6,11H,1,7H2,2H3,(H2,15,17)/t11-/m0/s1. The van der Waals surface area contributed by atoms with Gasteiger partial charge in [-0.1, -0.05) is 34.6 Å². The van der Waals surface area contributed by atoms with Crippen molar-refractivity contribution in [2.75, 3.05) is 13.6 Å². The Balaban J connectivity index is 3.01. The van der Waals surface area contributed by atoms with E-state index in [2.05, 4.69) is 22.5 Å². The molecule has 0 saturated heterocycles. The largest absolute Gasteiger partial charge is 0.368 e. The summed E-state index contributed by atoms with van der Waals surface area (Å²) in [7, 11) is 1.73. The van der Waals surface area contributed by atoms with E-state index in [9.17, 15) is 9.18 Å². The van der Waals surface area contributed by atoms with Crippen LogP contribution in [0.5, 0.6) is 0 Å². The SMILES string of the molecule is C=C(Br)CN(C)[C@H](C(N)=O)c1cccc(F)c1. The van der Waals surface area contributed by atoms with E-state index in [0.717, 1.165) is 4.48 Å². The molecule has 0 aromatic heterocycles. The van der Waals surface area contributed by atoms with Crippen LogP contribution in [0.15, 0.2) is 35.3 Å². The number of hydrogen-bond donors (Lipinski definition) is 1. The normalized spacial score (nSPS) is 12.5. The highest BCUT2D eigenvalue weighted by atomic mass is 79.9. The Bertz CT molecular complexity index is 436. The monoisotopic (exact) mass is 300 g/mol. The molecule has 0 heterocycles. The van der Waals surface area contributed by atoms with Crippen LogP contribution in [0.25, 0.3) is 0 Å². The number of hydrogen-bond acceptors (Lipinski definition) is 2. The van der Waals surface area contributed by atoms with E-state index < -0.39 is 11.9 Å². The van der Waals surface area contributed by atoms with Crippen molar-refractivity contribution in [3.63, 3.8) is 0 Å². The number of likely N-dealkylation sites (N-methyl/N-ethyl adjacent to an activating group) is 1. The summed E-state index contributed by atoms with van der Waals surface area (Å²) < 4.78 is 13.8. The first-order valence-corrected chi connectivity index (χ1v) is 5.79. The third-order valence-corrected chi connectivity index (χ3v) is 2.55. The van der Waals surface area contributed by atoms with Crippen LogP contribution in [0.4, 0.5) is 4.39 Å². The number of carbonyl (C=O) groups excluding carboxylic acids is 1. The van der Waals surface area contributed by atoms with Crippen molar-refractivity contribution in [1.82, 2.24) is 4.90 Å². The first-order chi connectivity index (χ1) is 7.91. The second-order valence-corrected chi connectivity index (χ2v) is 4.91. The number of amides is 1. The number of benzene rings is 1. The maximum atomic E-state index is 13.1. The van der Waals surface area contributed by atoms with Gasteiger partial charge in [0.2, 0.25) is 5.91 Å². The molecule has 17 heavy (non-hydrogen) atoms. The van der Waals surface area contributed by atoms with Crippen molar-refractivity contribution >= 4 is 21.8 Å². The smallest absolute Gasteiger partial charge is 0.239 e. The van der Waals surface area contributed by atoms with Gasteiger partial charge in [0.05, 0.1) is 0 Å². The average Bonchev–Trinajstić information content (AvgIpc) is 2.15. The summed E-state index contributed by atoms with van der Waals surface area (Å²) in [5, 5.41) is 0. The Labute approximate surface area is 108 Å². The van der Waals surface area contributed by atoms with Gasteiger partial charge in [-0.2, -0.15) is 0 Å². The molecule has 1 amide bonds. The fourth-order valence-corrected chi connectivity index (χ4v) is 2.07. The van der Waals surface area contributed by atoms with Gasteiger partial charge in [0.1, 0.15) is 11.9 Å². The van der Waals surface area contributed by atoms with Gasteiger partial charge in [-0.05, 0) is 24.7 Å². The van der Waals surface area contributed by atoms with Crippen molar-refractivity contribution in [3.05, 3.63) is 46.7 Å². The van der Waals surface area contributed by atoms with Crippen LogP contribution in [0, 0.1) is 5.82 Å². The van der Waals surface area contributed by atoms with Gasteiger partial charge in [-0.25, -0.2) is 4.39 Å². The molecule has 0 aliphatic rings. The fourth-order valence-electron chi connectivity index (χ4n) is 1.67. The summed E-state index contributed by atoms with van der Waals surface area (Å²) >= 11 is 3.22. The molecular formula is C12H14BrFN2O. The van der Waals surface area contributed by atoms with E-state index in [1.54, 1.807) is 24.1 Å². The van der Waals surface area contributed by atoms with Gasteiger partial charge < -0.3 is 5.73 Å². The molecule has 2 N–H and O–H groups in total. The minimum Gasteiger partial charge on any atom is -0.368 e. The summed E-state index contributed by atoms with van der Waals surface area (Å²) in [4.78, 5) is 13.1. The van der Waals surface area contributed by atoms with Crippen LogP contribution in [-0.4, -0.2) is 24.4 Å². The third kappa shape index (κ3) is 3.94. The Hall–Kier alpha value is -1.20. The van der Waals surface area contributed by atoms with Crippen molar-refractivity contribution in [3.8, 4) is 0 Å². The van der Waals surface area contributed by atoms with E-state index in [1.165, 1.54) is 12.1 Å². The van der Waals surface area contributed by atoms with Crippen LogP contribution in [0.3, 0.4) is 0 Å². The molecule has 0 aliphatic heterocycles. The lowest BCUT2D eigenvalue weighted by Gasteiger charge is -2.25. The molecule has 0 unspecified atom stereocenters. The summed E-state index contributed by atoms with van der Waals surface area (Å²) in [6.07, 6.45) is 0. The highest BCUT2D eigenvalue weighted by Crippen LogP contribution is 2.21. The van der Waals surface area contributed by atoms with E-state index in [4.69, 9.17) is 5.73 Å². The molecular weight excluding hydrogens is 287 g/mol. The zero-order chi connectivity index (χ0) is 13.0. The molecule has 1 aromatic carbocycles. The highest BCUT2D eigenvalue weighted by molar-refractivity contribution is 9.11. The molecule has 0 saturated carbocycles. The zero-order valence-electron chi connectivity index (χ0n) is 9.49. The minimum atomic E-state index is -0.667. The van der Waals surface area contributed by atoms with Crippen molar-refractivity contribution in [2.24, 2.45) is 5.73 Å². The van der Waals surface area contributed by atoms with Crippen molar-refractivity contribution in [2.45, 2.75) is 6.04 Å². The van der Waals surface area contributed by atoms with Crippen LogP contribution >= 0.6 is 15.9 Å². The summed E-state index contributed by atoms with van der Waals surface area (Å²) in [5.74, 6) is -0.910. The van der Waals surface area contributed by atoms with E-state index in [1.807, 2.05) is 0 Å². The molecule has 0 aliphatic carbocycles. The minimum absolute atomic E-state index is 0.389. The number of halogens is 2. The average molecular weight is 301 g/mol. The molecule has 1 aromatic rings. The molecule has 0 fully saturated rings. The van der Waals surface area contributed by atoms with Crippen molar-refractivity contribution < 1.29 is 9.18 Å². The maximum Gasteiger partial charge on any atom is 0.239 e. The molecule has 3 nitrogen and oxygen atoms in total. The van der Waals surface area contributed by atoms with Crippen LogP contribution in [-0.2, 0) is 4.79 Å². The molecule has 92 valence electrons. The number of nitrogens with two attached hydrogens (primary N) is 1. The lowest BCUT2D eigenvalue weighted by molar-refractivity contribution is -0.122. The predicted octanol–water partition coefficient (Wildman–Crippen LogP) is 2.19. The van der Waals surface area contributed by atoms with Gasteiger partial charge in [-0.3, -0.25) is 9.69 Å². The fraction of sp³-hybridized carbons (Fsp3) is 0.250. The molecule has 5 heteroatoms. The molecule has 1 atom stereocenters. The zero-order valence-corrected chi connectivity index (χ0v) is 11.1. The van der Waals surface area contributed by atoms with E-state index in [-0.39, 0.29) is 5.82 Å². The first-order valence-electron chi connectivity index (χ1n) is 5.00. The second-order valence-electron chi connectivity index (χ2n) is 3.79. The Morgan fingerprint density at radius 2 is 2.29 bits per heavy atom. The maximum absolute atomic E-state index is 13.1. The highest BCUT2D eigenvalue weighted by Gasteiger charge is 2.23. The molecule has 0 spiro atoms. The molecule has 1 rings (SSSR count). The van der Waals surface area contributed by atoms with Gasteiger partial charge >= 0.3 is 0 Å². The van der Waals surface area contributed by atoms with Crippen LogP contribution in [0.2, 0.25) is 0 Å². The van der Waals surface area contributed by atoms with E-state index >= 15 is 0 Å². The Kier molecular flexibility index (Phi) is 4.84. The topological polar surface area (TPSA) is 46.3 Å². The Morgan fingerprint density at radius 1 is 1.65 bits per heavy atom. The summed E-state index contributed by atoms with van der Waals surface area (Å²) in [6, 6.07) is 5.19. The summed E-state index contributed by atoms with van der Waals surface area (Å²) in [6.45, 7) is 4.15. The van der Waals surface area contributed by atoms with Crippen molar-refractivity contribution in [1.29, 1.82) is 0 Å². The predicted molar refractivity (Wildman–Crippen MR) is 69.0 cm³/mol. The quantitative estimate of drug-likeness (QED) is 0.906. The number of nitrogens with zero attached hydrogens (tertiary/aromatic N) is 1. The van der Waals surface area contributed by atoms with Gasteiger partial charge in [0.15, 0.2) is 0 Å². The Morgan fingerprint density at radius 3 is 2.76 bits per heavy atom. The number of carbonyl (C=O) groups is 1. The van der Waals surface area contributed by atoms with Crippen LogP contribution < -0.4 is 5.73 Å². The summed E-state index contributed by atoms with van der Waals surface area (Å²) in [5.41, 5.74) is 5.88. The first kappa shape index (κ1) is 13.9.